The number of carbonyl (C=O) groups excluding carboxylic acids is 1. The van der Waals surface area contributed by atoms with Crippen LogP contribution >= 0.6 is 12.4 Å². The number of hydrogen-bond acceptors (Lipinski definition) is 4. The summed E-state index contributed by atoms with van der Waals surface area (Å²) in [5.74, 6) is 0.178. The van der Waals surface area contributed by atoms with Crippen LogP contribution in [-0.4, -0.2) is 53.7 Å². The van der Waals surface area contributed by atoms with Crippen molar-refractivity contribution in [3.05, 3.63) is 30.1 Å². The van der Waals surface area contributed by atoms with Gasteiger partial charge in [-0.05, 0) is 43.5 Å². The lowest BCUT2D eigenvalue weighted by molar-refractivity contribution is 0.0750. The lowest BCUT2D eigenvalue weighted by Crippen LogP contribution is -2.43. The quantitative estimate of drug-likeness (QED) is 0.853. The molecular weight excluding hydrogens is 290 g/mol. The van der Waals surface area contributed by atoms with E-state index in [4.69, 9.17) is 0 Å². The third-order valence-corrected chi connectivity index (χ3v) is 4.80. The van der Waals surface area contributed by atoms with Crippen LogP contribution in [0.5, 0.6) is 0 Å². The number of aliphatic hydroxyl groups excluding tert-OH is 1. The van der Waals surface area contributed by atoms with Gasteiger partial charge in [-0.1, -0.05) is 6.07 Å². The molecule has 1 spiro atoms. The van der Waals surface area contributed by atoms with Crippen LogP contribution in [0.25, 0.3) is 0 Å². The van der Waals surface area contributed by atoms with E-state index in [0.717, 1.165) is 32.5 Å². The Morgan fingerprint density at radius 1 is 1.43 bits per heavy atom. The largest absolute Gasteiger partial charge is 0.396 e. The number of halogens is 1. The summed E-state index contributed by atoms with van der Waals surface area (Å²) in [5, 5.41) is 13.0. The molecule has 1 aromatic rings. The number of aliphatic hydroxyl groups is 1. The Kier molecular flexibility index (Phi) is 5.19. The molecule has 21 heavy (non-hydrogen) atoms. The van der Waals surface area contributed by atoms with Crippen LogP contribution in [0.15, 0.2) is 24.4 Å². The molecule has 2 aliphatic rings. The van der Waals surface area contributed by atoms with Crippen molar-refractivity contribution in [1.82, 2.24) is 15.2 Å². The zero-order chi connectivity index (χ0) is 14.0. The van der Waals surface area contributed by atoms with E-state index < -0.39 is 0 Å². The number of nitrogens with zero attached hydrogens (tertiary/aromatic N) is 2. The van der Waals surface area contributed by atoms with Gasteiger partial charge in [-0.2, -0.15) is 0 Å². The molecule has 2 fully saturated rings. The van der Waals surface area contributed by atoms with E-state index in [1.807, 2.05) is 17.0 Å². The molecular formula is C15H22ClN3O2. The van der Waals surface area contributed by atoms with Gasteiger partial charge in [0, 0.05) is 31.8 Å². The topological polar surface area (TPSA) is 65.5 Å². The third-order valence-electron chi connectivity index (χ3n) is 4.80. The van der Waals surface area contributed by atoms with Crippen LogP contribution < -0.4 is 5.32 Å². The molecule has 0 saturated carbocycles. The highest BCUT2D eigenvalue weighted by atomic mass is 35.5. The smallest absolute Gasteiger partial charge is 0.272 e. The predicted molar refractivity (Wildman–Crippen MR) is 82.5 cm³/mol. The fourth-order valence-electron chi connectivity index (χ4n) is 3.58. The molecule has 5 nitrogen and oxygen atoms in total. The van der Waals surface area contributed by atoms with E-state index in [-0.39, 0.29) is 36.3 Å². The van der Waals surface area contributed by atoms with Crippen LogP contribution in [0.4, 0.5) is 0 Å². The van der Waals surface area contributed by atoms with Gasteiger partial charge in [-0.15, -0.1) is 12.4 Å². The van der Waals surface area contributed by atoms with Crippen molar-refractivity contribution in [2.75, 3.05) is 32.8 Å². The van der Waals surface area contributed by atoms with Crippen molar-refractivity contribution in [3.63, 3.8) is 0 Å². The zero-order valence-electron chi connectivity index (χ0n) is 12.0. The van der Waals surface area contributed by atoms with Crippen molar-refractivity contribution >= 4 is 18.3 Å². The van der Waals surface area contributed by atoms with Gasteiger partial charge in [0.25, 0.3) is 5.91 Å². The van der Waals surface area contributed by atoms with Gasteiger partial charge in [-0.3, -0.25) is 9.78 Å². The second-order valence-corrected chi connectivity index (χ2v) is 5.89. The standard InChI is InChI=1S/C15H21N3O2.ClH/c19-10-12-9-18(11-15(12)4-7-16-8-5-15)14(20)13-3-1-2-6-17-13;/h1-3,6,12,16,19H,4-5,7-11H2;1H. The van der Waals surface area contributed by atoms with Gasteiger partial charge < -0.3 is 15.3 Å². The molecule has 1 amide bonds. The highest BCUT2D eigenvalue weighted by Gasteiger charge is 2.47. The molecule has 0 radical (unpaired) electrons. The average Bonchev–Trinajstić information content (AvgIpc) is 2.86. The number of piperidine rings is 1. The van der Waals surface area contributed by atoms with E-state index >= 15 is 0 Å². The van der Waals surface area contributed by atoms with Crippen LogP contribution in [0.3, 0.4) is 0 Å². The van der Waals surface area contributed by atoms with Gasteiger partial charge in [0.15, 0.2) is 0 Å². The molecule has 0 aliphatic carbocycles. The highest BCUT2D eigenvalue weighted by Crippen LogP contribution is 2.43. The van der Waals surface area contributed by atoms with E-state index in [9.17, 15) is 9.90 Å². The molecule has 3 heterocycles. The molecule has 1 unspecified atom stereocenters. The fourth-order valence-corrected chi connectivity index (χ4v) is 3.58. The predicted octanol–water partition coefficient (Wildman–Crippen LogP) is 0.937. The van der Waals surface area contributed by atoms with Crippen molar-refractivity contribution in [1.29, 1.82) is 0 Å². The van der Waals surface area contributed by atoms with Crippen LogP contribution in [0, 0.1) is 11.3 Å². The van der Waals surface area contributed by atoms with Gasteiger partial charge in [-0.25, -0.2) is 0 Å². The minimum absolute atomic E-state index is 0. The van der Waals surface area contributed by atoms with Crippen LogP contribution in [0.1, 0.15) is 23.3 Å². The summed E-state index contributed by atoms with van der Waals surface area (Å²) in [7, 11) is 0. The summed E-state index contributed by atoms with van der Waals surface area (Å²) >= 11 is 0. The fraction of sp³-hybridized carbons (Fsp3) is 0.600. The molecule has 0 bridgehead atoms. The Labute approximate surface area is 131 Å². The molecule has 3 rings (SSSR count). The Hall–Kier alpha value is -1.17. The van der Waals surface area contributed by atoms with Crippen molar-refractivity contribution in [3.8, 4) is 0 Å². The number of pyridine rings is 1. The Morgan fingerprint density at radius 3 is 2.81 bits per heavy atom. The van der Waals surface area contributed by atoms with E-state index in [1.54, 1.807) is 12.3 Å². The molecule has 6 heteroatoms. The third kappa shape index (κ3) is 3.05. The molecule has 116 valence electrons. The SMILES string of the molecule is Cl.O=C(c1ccccn1)N1CC(CO)C2(CCNCC2)C1. The first kappa shape index (κ1) is 16.2. The summed E-state index contributed by atoms with van der Waals surface area (Å²) in [6.07, 6.45) is 3.71. The lowest BCUT2D eigenvalue weighted by Gasteiger charge is -2.37. The average molecular weight is 312 g/mol. The summed E-state index contributed by atoms with van der Waals surface area (Å²) in [5.41, 5.74) is 0.583. The molecule has 2 N–H and O–H groups in total. The van der Waals surface area contributed by atoms with Crippen molar-refractivity contribution in [2.24, 2.45) is 11.3 Å². The summed E-state index contributed by atoms with van der Waals surface area (Å²) < 4.78 is 0. The normalized spacial score (nSPS) is 23.9. The number of nitrogens with one attached hydrogen (secondary N) is 1. The first-order valence-electron chi connectivity index (χ1n) is 7.27. The second kappa shape index (κ2) is 6.73. The minimum atomic E-state index is -0.0144. The summed E-state index contributed by atoms with van der Waals surface area (Å²) in [6, 6.07) is 5.40. The van der Waals surface area contributed by atoms with Crippen LogP contribution in [-0.2, 0) is 0 Å². The van der Waals surface area contributed by atoms with Crippen LogP contribution in [0.2, 0.25) is 0 Å². The number of rotatable bonds is 2. The number of carbonyl (C=O) groups is 1. The van der Waals surface area contributed by atoms with E-state index in [0.29, 0.717) is 12.2 Å². The van der Waals surface area contributed by atoms with Gasteiger partial charge >= 0.3 is 0 Å². The molecule has 1 aromatic heterocycles. The Morgan fingerprint density at radius 2 is 2.19 bits per heavy atom. The minimum Gasteiger partial charge on any atom is -0.396 e. The maximum Gasteiger partial charge on any atom is 0.272 e. The van der Waals surface area contributed by atoms with Gasteiger partial charge in [0.1, 0.15) is 5.69 Å². The number of aromatic nitrogens is 1. The zero-order valence-corrected chi connectivity index (χ0v) is 12.8. The van der Waals surface area contributed by atoms with Crippen molar-refractivity contribution < 1.29 is 9.90 Å². The van der Waals surface area contributed by atoms with Crippen molar-refractivity contribution in [2.45, 2.75) is 12.8 Å². The summed E-state index contributed by atoms with van der Waals surface area (Å²) in [6.45, 7) is 3.50. The number of hydrogen-bond donors (Lipinski definition) is 2. The number of amides is 1. The monoisotopic (exact) mass is 311 g/mol. The first-order valence-corrected chi connectivity index (χ1v) is 7.27. The number of likely N-dealkylation sites (tertiary alicyclic amines) is 1. The van der Waals surface area contributed by atoms with E-state index in [2.05, 4.69) is 10.3 Å². The second-order valence-electron chi connectivity index (χ2n) is 5.89. The van der Waals surface area contributed by atoms with Gasteiger partial charge in [0.05, 0.1) is 0 Å². The molecule has 1 atom stereocenters. The maximum absolute atomic E-state index is 12.5. The highest BCUT2D eigenvalue weighted by molar-refractivity contribution is 5.92. The molecule has 2 saturated heterocycles. The molecule has 2 aliphatic heterocycles. The Bertz CT molecular complexity index is 477. The molecule has 0 aromatic carbocycles. The van der Waals surface area contributed by atoms with Gasteiger partial charge in [0.2, 0.25) is 0 Å². The first-order chi connectivity index (χ1) is 9.75. The lowest BCUT2D eigenvalue weighted by atomic mass is 9.71. The Balaban J connectivity index is 0.00000161. The maximum atomic E-state index is 12.5. The summed E-state index contributed by atoms with van der Waals surface area (Å²) in [4.78, 5) is 18.5. The van der Waals surface area contributed by atoms with E-state index in [1.165, 1.54) is 0 Å².